The predicted molar refractivity (Wildman–Crippen MR) is 74.2 cm³/mol. The highest BCUT2D eigenvalue weighted by molar-refractivity contribution is 6.19. The molecule has 21 heavy (non-hydrogen) atoms. The Labute approximate surface area is 120 Å². The number of hydrogen-bond donors (Lipinski definition) is 0. The van der Waals surface area contributed by atoms with Gasteiger partial charge in [-0.3, -0.25) is 4.79 Å². The van der Waals surface area contributed by atoms with Crippen LogP contribution < -0.4 is 4.90 Å². The van der Waals surface area contributed by atoms with Crippen LogP contribution in [0.1, 0.15) is 6.92 Å². The monoisotopic (exact) mass is 288 g/mol. The number of rotatable bonds is 3. The second kappa shape index (κ2) is 5.05. The highest BCUT2D eigenvalue weighted by atomic mass is 19.1. The van der Waals surface area contributed by atoms with E-state index in [0.717, 1.165) is 4.90 Å². The molecule has 0 spiro atoms. The van der Waals surface area contributed by atoms with Crippen molar-refractivity contribution < 1.29 is 18.4 Å². The molecular weight excluding hydrogens is 275 g/mol. The number of carbonyl (C=O) groups excluding carboxylic acids is 2. The van der Waals surface area contributed by atoms with Gasteiger partial charge in [-0.05, 0) is 37.3 Å². The summed E-state index contributed by atoms with van der Waals surface area (Å²) < 4.78 is 19.5. The molecule has 1 aliphatic rings. The Morgan fingerprint density at radius 1 is 1.29 bits per heavy atom. The molecule has 1 aromatic carbocycles. The van der Waals surface area contributed by atoms with Gasteiger partial charge in [-0.2, -0.15) is 0 Å². The van der Waals surface area contributed by atoms with Crippen molar-refractivity contribution in [3.05, 3.63) is 42.4 Å². The number of halogens is 1. The standard InChI is InChI=1S/C15H13FN2O3/c1-2-17-9-14(19)18(15(17)20)12-6-5-10(8-11(12)16)13-4-3-7-21-13/h3-8H,2,9H2,1H3. The molecule has 0 saturated carbocycles. The van der Waals surface area contributed by atoms with Crippen LogP contribution in [-0.2, 0) is 4.79 Å². The van der Waals surface area contributed by atoms with Crippen LogP contribution in [0.4, 0.5) is 14.9 Å². The summed E-state index contributed by atoms with van der Waals surface area (Å²) in [5, 5.41) is 0. The minimum atomic E-state index is -0.636. The highest BCUT2D eigenvalue weighted by Gasteiger charge is 2.37. The average Bonchev–Trinajstić information content (AvgIpc) is 3.08. The van der Waals surface area contributed by atoms with Gasteiger partial charge in [0.15, 0.2) is 0 Å². The van der Waals surface area contributed by atoms with E-state index in [2.05, 4.69) is 0 Å². The third-order valence-electron chi connectivity index (χ3n) is 3.41. The number of urea groups is 1. The minimum absolute atomic E-state index is 0.0191. The molecule has 1 aliphatic heterocycles. The molecule has 0 radical (unpaired) electrons. The summed E-state index contributed by atoms with van der Waals surface area (Å²) in [4.78, 5) is 26.2. The molecule has 0 N–H and O–H groups in total. The molecule has 2 aromatic rings. The van der Waals surface area contributed by atoms with Gasteiger partial charge in [0.2, 0.25) is 0 Å². The molecule has 0 unspecified atom stereocenters. The first kappa shape index (κ1) is 13.4. The van der Waals surface area contributed by atoms with Gasteiger partial charge in [-0.15, -0.1) is 0 Å². The van der Waals surface area contributed by atoms with Crippen molar-refractivity contribution in [2.24, 2.45) is 0 Å². The summed E-state index contributed by atoms with van der Waals surface area (Å²) in [5.74, 6) is -0.537. The fourth-order valence-corrected chi connectivity index (χ4v) is 2.32. The lowest BCUT2D eigenvalue weighted by Crippen LogP contribution is -2.33. The number of likely N-dealkylation sites (N-methyl/N-ethyl adjacent to an activating group) is 1. The summed E-state index contributed by atoms with van der Waals surface area (Å²) in [6, 6.07) is 7.21. The van der Waals surface area contributed by atoms with Gasteiger partial charge < -0.3 is 9.32 Å². The van der Waals surface area contributed by atoms with E-state index in [1.807, 2.05) is 0 Å². The van der Waals surface area contributed by atoms with Crippen molar-refractivity contribution in [1.82, 2.24) is 4.90 Å². The van der Waals surface area contributed by atoms with Crippen LogP contribution in [0.25, 0.3) is 11.3 Å². The zero-order chi connectivity index (χ0) is 15.0. The van der Waals surface area contributed by atoms with E-state index in [0.29, 0.717) is 17.9 Å². The van der Waals surface area contributed by atoms with Gasteiger partial charge >= 0.3 is 6.03 Å². The number of imide groups is 1. The molecule has 6 heteroatoms. The number of benzene rings is 1. The number of hydrogen-bond acceptors (Lipinski definition) is 3. The summed E-state index contributed by atoms with van der Waals surface area (Å²) in [5.41, 5.74) is 0.518. The lowest BCUT2D eigenvalue weighted by atomic mass is 10.1. The van der Waals surface area contributed by atoms with Crippen molar-refractivity contribution >= 4 is 17.6 Å². The smallest absolute Gasteiger partial charge is 0.331 e. The van der Waals surface area contributed by atoms with Crippen LogP contribution in [0, 0.1) is 5.82 Å². The maximum absolute atomic E-state index is 14.3. The number of carbonyl (C=O) groups is 2. The van der Waals surface area contributed by atoms with Crippen LogP contribution in [0.2, 0.25) is 0 Å². The van der Waals surface area contributed by atoms with Crippen molar-refractivity contribution in [3.8, 4) is 11.3 Å². The Kier molecular flexibility index (Phi) is 3.21. The first-order chi connectivity index (χ1) is 10.1. The Balaban J connectivity index is 1.97. The van der Waals surface area contributed by atoms with Gasteiger partial charge in [-0.25, -0.2) is 14.1 Å². The fraction of sp³-hybridized carbons (Fsp3) is 0.200. The van der Waals surface area contributed by atoms with Crippen molar-refractivity contribution in [2.45, 2.75) is 6.92 Å². The van der Waals surface area contributed by atoms with E-state index >= 15 is 0 Å². The molecule has 108 valence electrons. The van der Waals surface area contributed by atoms with Gasteiger partial charge in [0.05, 0.1) is 12.0 Å². The first-order valence-corrected chi connectivity index (χ1v) is 6.57. The molecule has 5 nitrogen and oxygen atoms in total. The molecule has 3 rings (SSSR count). The van der Waals surface area contributed by atoms with Crippen LogP contribution in [0.3, 0.4) is 0 Å². The van der Waals surface area contributed by atoms with Crippen LogP contribution in [0.15, 0.2) is 41.0 Å². The summed E-state index contributed by atoms with van der Waals surface area (Å²) in [6.45, 7) is 2.16. The van der Waals surface area contributed by atoms with Crippen molar-refractivity contribution in [2.75, 3.05) is 18.0 Å². The highest BCUT2D eigenvalue weighted by Crippen LogP contribution is 2.29. The number of amides is 3. The zero-order valence-electron chi connectivity index (χ0n) is 11.4. The molecular formula is C15H13FN2O3. The van der Waals surface area contributed by atoms with Gasteiger partial charge in [0.25, 0.3) is 5.91 Å². The largest absolute Gasteiger partial charge is 0.464 e. The van der Waals surface area contributed by atoms with Gasteiger partial charge in [0, 0.05) is 12.1 Å². The summed E-state index contributed by atoms with van der Waals surface area (Å²) in [7, 11) is 0. The second-order valence-corrected chi connectivity index (χ2v) is 4.67. The van der Waals surface area contributed by atoms with Crippen molar-refractivity contribution in [1.29, 1.82) is 0 Å². The van der Waals surface area contributed by atoms with Crippen LogP contribution in [-0.4, -0.2) is 29.9 Å². The summed E-state index contributed by atoms with van der Waals surface area (Å²) in [6.07, 6.45) is 1.49. The molecule has 0 atom stereocenters. The normalized spacial score (nSPS) is 15.1. The molecule has 0 aliphatic carbocycles. The Morgan fingerprint density at radius 2 is 2.10 bits per heavy atom. The van der Waals surface area contributed by atoms with Gasteiger partial charge in [0.1, 0.15) is 18.1 Å². The lowest BCUT2D eigenvalue weighted by Gasteiger charge is -2.16. The summed E-state index contributed by atoms with van der Waals surface area (Å²) >= 11 is 0. The number of furan rings is 1. The maximum atomic E-state index is 14.3. The molecule has 1 aromatic heterocycles. The van der Waals surface area contributed by atoms with Crippen LogP contribution >= 0.6 is 0 Å². The fourth-order valence-electron chi connectivity index (χ4n) is 2.32. The third-order valence-corrected chi connectivity index (χ3v) is 3.41. The van der Waals surface area contributed by atoms with Gasteiger partial charge in [-0.1, -0.05) is 0 Å². The SMILES string of the molecule is CCN1CC(=O)N(c2ccc(-c3ccco3)cc2F)C1=O. The quantitative estimate of drug-likeness (QED) is 0.816. The van der Waals surface area contributed by atoms with E-state index in [1.54, 1.807) is 25.1 Å². The predicted octanol–water partition coefficient (Wildman–Crippen LogP) is 2.87. The molecule has 3 amide bonds. The molecule has 2 heterocycles. The van der Waals surface area contributed by atoms with E-state index in [9.17, 15) is 14.0 Å². The number of nitrogens with zero attached hydrogens (tertiary/aromatic N) is 2. The molecule has 1 fully saturated rings. The Hall–Kier alpha value is -2.63. The third kappa shape index (κ3) is 2.18. The first-order valence-electron chi connectivity index (χ1n) is 6.57. The zero-order valence-corrected chi connectivity index (χ0v) is 11.4. The van der Waals surface area contributed by atoms with Crippen LogP contribution in [0.5, 0.6) is 0 Å². The topological polar surface area (TPSA) is 53.8 Å². The van der Waals surface area contributed by atoms with E-state index < -0.39 is 17.8 Å². The lowest BCUT2D eigenvalue weighted by molar-refractivity contribution is -0.116. The Bertz CT molecular complexity index is 697. The molecule has 1 saturated heterocycles. The maximum Gasteiger partial charge on any atom is 0.331 e. The second-order valence-electron chi connectivity index (χ2n) is 4.67. The Morgan fingerprint density at radius 3 is 2.67 bits per heavy atom. The van der Waals surface area contributed by atoms with Crippen molar-refractivity contribution in [3.63, 3.8) is 0 Å². The van der Waals surface area contributed by atoms with E-state index in [-0.39, 0.29) is 12.2 Å². The average molecular weight is 288 g/mol. The molecule has 0 bridgehead atoms. The van der Waals surface area contributed by atoms with E-state index in [1.165, 1.54) is 23.3 Å². The minimum Gasteiger partial charge on any atom is -0.464 e. The van der Waals surface area contributed by atoms with E-state index in [4.69, 9.17) is 4.42 Å². The number of anilines is 1.